The molecule has 1 aromatic heterocycles. The monoisotopic (exact) mass is 602 g/mol. The van der Waals surface area contributed by atoms with Crippen LogP contribution in [0.25, 0.3) is 0 Å². The summed E-state index contributed by atoms with van der Waals surface area (Å²) in [5.41, 5.74) is 4.03. The van der Waals surface area contributed by atoms with Crippen LogP contribution in [0, 0.1) is 12.7 Å². The van der Waals surface area contributed by atoms with Gasteiger partial charge >= 0.3 is 0 Å². The Hall–Kier alpha value is -3.82. The summed E-state index contributed by atoms with van der Waals surface area (Å²) < 4.78 is 45.7. The average Bonchev–Trinajstić information content (AvgIpc) is 3.37. The largest absolute Gasteiger partial charge is 0.337 e. The number of fused-ring (bicyclic) bond motifs is 1. The van der Waals surface area contributed by atoms with Gasteiger partial charge in [-0.05, 0) is 89.8 Å². The first kappa shape index (κ1) is 30.6. The number of carbonyl (C=O) groups excluding carboxylic acids is 1. The molecule has 1 amide bonds. The van der Waals surface area contributed by atoms with E-state index in [1.165, 1.54) is 12.1 Å². The normalized spacial score (nSPS) is 16.8. The molecule has 0 aliphatic heterocycles. The summed E-state index contributed by atoms with van der Waals surface area (Å²) in [6.07, 6.45) is 5.12. The number of aryl methyl sites for hydroxylation is 2. The summed E-state index contributed by atoms with van der Waals surface area (Å²) in [6, 6.07) is 18.7. The molecule has 43 heavy (non-hydrogen) atoms. The molecule has 1 N–H and O–H groups in total. The van der Waals surface area contributed by atoms with Crippen LogP contribution in [-0.4, -0.2) is 23.9 Å². The van der Waals surface area contributed by atoms with Gasteiger partial charge in [-0.25, -0.2) is 22.5 Å². The van der Waals surface area contributed by atoms with Crippen LogP contribution in [0.5, 0.6) is 0 Å². The number of hydrogen-bond donors (Lipinski definition) is 1. The number of aromatic nitrogens is 2. The van der Waals surface area contributed by atoms with Crippen LogP contribution in [-0.2, 0) is 33.8 Å². The summed E-state index contributed by atoms with van der Waals surface area (Å²) in [5, 5.41) is 0. The Labute approximate surface area is 253 Å². The lowest BCUT2D eigenvalue weighted by atomic mass is 9.71. The second-order valence-electron chi connectivity index (χ2n) is 12.3. The molecular weight excluding hydrogens is 563 g/mol. The lowest BCUT2D eigenvalue weighted by molar-refractivity contribution is -0.119. The molecule has 0 unspecified atom stereocenters. The van der Waals surface area contributed by atoms with Gasteiger partial charge in [0.25, 0.3) is 0 Å². The van der Waals surface area contributed by atoms with Crippen molar-refractivity contribution in [1.29, 1.82) is 0 Å². The smallest absolute Gasteiger partial charge is 0.241 e. The topological polar surface area (TPSA) is 84.3 Å². The molecule has 0 spiro atoms. The van der Waals surface area contributed by atoms with Crippen LogP contribution in [0.15, 0.2) is 84.0 Å². The molecule has 1 heterocycles. The number of carbonyl (C=O) groups is 1. The first-order valence-electron chi connectivity index (χ1n) is 14.6. The fourth-order valence-electron chi connectivity index (χ4n) is 5.90. The highest BCUT2D eigenvalue weighted by Gasteiger charge is 2.36. The molecule has 1 aliphatic carbocycles. The highest BCUT2D eigenvalue weighted by Crippen LogP contribution is 2.43. The van der Waals surface area contributed by atoms with Crippen molar-refractivity contribution >= 4 is 21.6 Å². The maximum absolute atomic E-state index is 14.0. The number of anilines is 1. The standard InChI is InChI=1S/C34H39FN4O3S/c1-23-8-6-11-28(18-23)43(41,42)37-31-14-15-34(3,4)30-13-12-27(21-29(30)31)39(22-32-36-16-17-38(32)5)33(40)19-24(2)25-9-7-10-26(35)20-25/h6-13,16-18,20-21,24,31,37H,14-15,19,22H2,1-5H3/t24-,31+/m0/s1. The van der Waals surface area contributed by atoms with E-state index < -0.39 is 16.1 Å². The van der Waals surface area contributed by atoms with E-state index in [0.29, 0.717) is 17.9 Å². The number of nitrogens with one attached hydrogen (secondary N) is 1. The van der Waals surface area contributed by atoms with Crippen molar-refractivity contribution in [3.8, 4) is 0 Å². The van der Waals surface area contributed by atoms with E-state index in [-0.39, 0.29) is 40.9 Å². The van der Waals surface area contributed by atoms with Crippen molar-refractivity contribution in [2.24, 2.45) is 7.05 Å². The van der Waals surface area contributed by atoms with Gasteiger partial charge in [0.2, 0.25) is 15.9 Å². The quantitative estimate of drug-likeness (QED) is 0.232. The SMILES string of the molecule is Cc1cccc(S(=O)(=O)N[C@@H]2CCC(C)(C)c3ccc(N(Cc4nccn4C)C(=O)C[C@H](C)c4cccc(F)c4)cc32)c1. The van der Waals surface area contributed by atoms with Crippen molar-refractivity contribution in [3.05, 3.63) is 113 Å². The highest BCUT2D eigenvalue weighted by atomic mass is 32.2. The lowest BCUT2D eigenvalue weighted by Crippen LogP contribution is -2.37. The summed E-state index contributed by atoms with van der Waals surface area (Å²) in [4.78, 5) is 20.3. The van der Waals surface area contributed by atoms with Crippen molar-refractivity contribution in [2.45, 2.75) is 75.8 Å². The number of nitrogens with zero attached hydrogens (tertiary/aromatic N) is 3. The van der Waals surface area contributed by atoms with Crippen molar-refractivity contribution in [1.82, 2.24) is 14.3 Å². The van der Waals surface area contributed by atoms with E-state index in [0.717, 1.165) is 28.7 Å². The summed E-state index contributed by atoms with van der Waals surface area (Å²) >= 11 is 0. The molecule has 0 saturated heterocycles. The van der Waals surface area contributed by atoms with E-state index in [9.17, 15) is 17.6 Å². The third-order valence-corrected chi connectivity index (χ3v) is 10.00. The fourth-order valence-corrected chi connectivity index (χ4v) is 7.25. The molecule has 7 nitrogen and oxygen atoms in total. The Morgan fingerprint density at radius 3 is 2.60 bits per heavy atom. The minimum absolute atomic E-state index is 0.133. The molecule has 226 valence electrons. The number of imidazole rings is 1. The zero-order chi connectivity index (χ0) is 30.9. The van der Waals surface area contributed by atoms with Gasteiger partial charge < -0.3 is 9.47 Å². The molecule has 0 bridgehead atoms. The van der Waals surface area contributed by atoms with Gasteiger partial charge in [0.1, 0.15) is 11.6 Å². The Morgan fingerprint density at radius 2 is 1.91 bits per heavy atom. The first-order valence-corrected chi connectivity index (χ1v) is 16.1. The molecular formula is C34H39FN4O3S. The van der Waals surface area contributed by atoms with Crippen molar-refractivity contribution < 1.29 is 17.6 Å². The maximum atomic E-state index is 14.0. The summed E-state index contributed by atoms with van der Waals surface area (Å²) in [7, 11) is -1.90. The van der Waals surface area contributed by atoms with Crippen LogP contribution in [0.3, 0.4) is 0 Å². The molecule has 9 heteroatoms. The second kappa shape index (κ2) is 12.1. The average molecular weight is 603 g/mol. The van der Waals surface area contributed by atoms with Gasteiger partial charge in [0.05, 0.1) is 11.4 Å². The van der Waals surface area contributed by atoms with E-state index in [2.05, 4.69) is 23.6 Å². The number of hydrogen-bond acceptors (Lipinski definition) is 4. The minimum atomic E-state index is -3.78. The number of halogens is 1. The number of rotatable bonds is 9. The molecule has 4 aromatic rings. The second-order valence-corrected chi connectivity index (χ2v) is 14.0. The van der Waals surface area contributed by atoms with Gasteiger partial charge in [-0.2, -0.15) is 0 Å². The summed E-state index contributed by atoms with van der Waals surface area (Å²) in [5.74, 6) is 0.0313. The van der Waals surface area contributed by atoms with Crippen LogP contribution in [0.2, 0.25) is 0 Å². The van der Waals surface area contributed by atoms with Crippen LogP contribution < -0.4 is 9.62 Å². The number of benzene rings is 3. The summed E-state index contributed by atoms with van der Waals surface area (Å²) in [6.45, 7) is 8.34. The minimum Gasteiger partial charge on any atom is -0.337 e. The van der Waals surface area contributed by atoms with Gasteiger partial charge in [-0.15, -0.1) is 0 Å². The maximum Gasteiger partial charge on any atom is 0.241 e. The van der Waals surface area contributed by atoms with E-state index in [1.54, 1.807) is 35.4 Å². The van der Waals surface area contributed by atoms with Crippen molar-refractivity contribution in [3.63, 3.8) is 0 Å². The van der Waals surface area contributed by atoms with Gasteiger partial charge in [0.15, 0.2) is 0 Å². The predicted molar refractivity (Wildman–Crippen MR) is 167 cm³/mol. The van der Waals surface area contributed by atoms with Gasteiger partial charge in [-0.3, -0.25) is 4.79 Å². The molecule has 0 radical (unpaired) electrons. The molecule has 2 atom stereocenters. The number of sulfonamides is 1. The van der Waals surface area contributed by atoms with E-state index in [4.69, 9.17) is 0 Å². The zero-order valence-electron chi connectivity index (χ0n) is 25.3. The molecule has 5 rings (SSSR count). The molecule has 0 saturated carbocycles. The van der Waals surface area contributed by atoms with Crippen molar-refractivity contribution in [2.75, 3.05) is 4.90 Å². The molecule has 0 fully saturated rings. The Morgan fingerprint density at radius 1 is 1.14 bits per heavy atom. The molecule has 1 aliphatic rings. The predicted octanol–water partition coefficient (Wildman–Crippen LogP) is 6.69. The van der Waals surface area contributed by atoms with Gasteiger partial charge in [-0.1, -0.05) is 51.1 Å². The lowest BCUT2D eigenvalue weighted by Gasteiger charge is -2.38. The Kier molecular flexibility index (Phi) is 8.58. The fraction of sp³-hybridized carbons (Fsp3) is 0.353. The zero-order valence-corrected chi connectivity index (χ0v) is 26.2. The Bertz CT molecular complexity index is 1750. The first-order chi connectivity index (χ1) is 20.3. The number of amides is 1. The van der Waals surface area contributed by atoms with E-state index >= 15 is 0 Å². The van der Waals surface area contributed by atoms with Crippen LogP contribution >= 0.6 is 0 Å². The highest BCUT2D eigenvalue weighted by molar-refractivity contribution is 7.89. The van der Waals surface area contributed by atoms with Crippen LogP contribution in [0.4, 0.5) is 10.1 Å². The third kappa shape index (κ3) is 6.73. The van der Waals surface area contributed by atoms with Crippen LogP contribution in [0.1, 0.15) is 80.1 Å². The third-order valence-electron chi connectivity index (χ3n) is 8.53. The van der Waals surface area contributed by atoms with Gasteiger partial charge in [0, 0.05) is 37.6 Å². The van der Waals surface area contributed by atoms with E-state index in [1.807, 2.05) is 62.0 Å². The Balaban J connectivity index is 1.52. The molecule has 3 aromatic carbocycles.